The van der Waals surface area contributed by atoms with Crippen molar-refractivity contribution in [1.82, 2.24) is 5.32 Å². The first-order valence-corrected chi connectivity index (χ1v) is 26.9. The lowest BCUT2D eigenvalue weighted by Gasteiger charge is -2.19. The third kappa shape index (κ3) is 47.4. The molecule has 352 valence electrons. The highest BCUT2D eigenvalue weighted by Crippen LogP contribution is 2.17. The van der Waals surface area contributed by atoms with E-state index in [1.165, 1.54) is 212 Å². The molecule has 0 aliphatic heterocycles. The van der Waals surface area contributed by atoms with Crippen molar-refractivity contribution in [1.29, 1.82) is 0 Å². The van der Waals surface area contributed by atoms with Crippen molar-refractivity contribution in [2.75, 3.05) is 6.61 Å². The second-order valence-corrected chi connectivity index (χ2v) is 18.3. The number of aliphatic hydroxyl groups excluding tert-OH is 2. The Morgan fingerprint density at radius 2 is 0.700 bits per heavy atom. The van der Waals surface area contributed by atoms with E-state index in [0.29, 0.717) is 6.42 Å². The smallest absolute Gasteiger partial charge is 0.220 e. The van der Waals surface area contributed by atoms with Gasteiger partial charge in [0.25, 0.3) is 0 Å². The van der Waals surface area contributed by atoms with Crippen molar-refractivity contribution in [2.24, 2.45) is 0 Å². The maximum absolute atomic E-state index is 12.4. The molecule has 2 unspecified atom stereocenters. The summed E-state index contributed by atoms with van der Waals surface area (Å²) in [6, 6.07) is -0.648. The number of hydrogen-bond acceptors (Lipinski definition) is 3. The maximum Gasteiger partial charge on any atom is 0.220 e. The molecule has 4 nitrogen and oxygen atoms in total. The Kier molecular flexibility index (Phi) is 50.3. The second-order valence-electron chi connectivity index (χ2n) is 18.3. The highest BCUT2D eigenvalue weighted by atomic mass is 16.3. The lowest BCUT2D eigenvalue weighted by atomic mass is 10.0. The summed E-state index contributed by atoms with van der Waals surface area (Å²) in [5.41, 5.74) is 0. The first-order valence-electron chi connectivity index (χ1n) is 26.9. The number of hydrogen-bond donors (Lipinski definition) is 3. The van der Waals surface area contributed by atoms with Gasteiger partial charge in [-0.05, 0) is 64.2 Å². The standard InChI is InChI=1S/C56H105NO3/c1-3-5-7-9-11-13-15-17-19-21-22-23-24-25-26-27-28-29-30-31-32-33-34-35-36-37-39-41-43-45-47-49-51-55(59)54(53-58)57-56(60)52-50-48-46-44-42-40-38-20-18-16-14-12-10-8-6-4-2/h14,16,20,38,41,43,49,51,54-55,58-59H,3-13,15,17-19,21-37,39-40,42,44-48,50,52-53H2,1-2H3,(H,57,60)/b16-14-,38-20-,43-41+,51-49+. The van der Waals surface area contributed by atoms with Crippen LogP contribution in [-0.2, 0) is 4.79 Å². The zero-order chi connectivity index (χ0) is 43.5. The molecule has 60 heavy (non-hydrogen) atoms. The minimum atomic E-state index is -0.870. The summed E-state index contributed by atoms with van der Waals surface area (Å²) in [7, 11) is 0. The van der Waals surface area contributed by atoms with Crippen LogP contribution in [0.5, 0.6) is 0 Å². The number of carbonyl (C=O) groups is 1. The van der Waals surface area contributed by atoms with Crippen LogP contribution in [0.1, 0.15) is 284 Å². The van der Waals surface area contributed by atoms with Gasteiger partial charge in [-0.25, -0.2) is 0 Å². The third-order valence-electron chi connectivity index (χ3n) is 12.3. The molecule has 4 heteroatoms. The van der Waals surface area contributed by atoms with Crippen LogP contribution in [0.25, 0.3) is 0 Å². The molecule has 0 radical (unpaired) electrons. The molecule has 3 N–H and O–H groups in total. The van der Waals surface area contributed by atoms with Crippen LogP contribution in [0.3, 0.4) is 0 Å². The van der Waals surface area contributed by atoms with E-state index in [-0.39, 0.29) is 12.5 Å². The van der Waals surface area contributed by atoms with E-state index in [2.05, 4.69) is 55.6 Å². The number of amides is 1. The first kappa shape index (κ1) is 58.4. The fourth-order valence-electron chi connectivity index (χ4n) is 8.17. The Morgan fingerprint density at radius 1 is 0.400 bits per heavy atom. The quantitative estimate of drug-likeness (QED) is 0.0422. The van der Waals surface area contributed by atoms with Gasteiger partial charge in [0.15, 0.2) is 0 Å². The summed E-state index contributed by atoms with van der Waals surface area (Å²) in [6.07, 6.45) is 71.3. The molecule has 0 saturated carbocycles. The average molecular weight is 840 g/mol. The lowest BCUT2D eigenvalue weighted by Crippen LogP contribution is -2.45. The predicted molar refractivity (Wildman–Crippen MR) is 267 cm³/mol. The van der Waals surface area contributed by atoms with Crippen LogP contribution in [0.15, 0.2) is 48.6 Å². The number of unbranched alkanes of at least 4 members (excludes halogenated alkanes) is 36. The van der Waals surface area contributed by atoms with E-state index in [1.54, 1.807) is 6.08 Å². The third-order valence-corrected chi connectivity index (χ3v) is 12.3. The maximum atomic E-state index is 12.4. The van der Waals surface area contributed by atoms with Crippen LogP contribution in [-0.4, -0.2) is 34.9 Å². The van der Waals surface area contributed by atoms with Gasteiger partial charge in [-0.3, -0.25) is 4.79 Å². The largest absolute Gasteiger partial charge is 0.394 e. The highest BCUT2D eigenvalue weighted by molar-refractivity contribution is 5.76. The molecule has 2 atom stereocenters. The molecule has 0 aliphatic carbocycles. The van der Waals surface area contributed by atoms with Crippen molar-refractivity contribution in [2.45, 2.75) is 296 Å². The molecule has 0 bridgehead atoms. The molecule has 0 aromatic rings. The fourth-order valence-corrected chi connectivity index (χ4v) is 8.17. The number of allylic oxidation sites excluding steroid dienone is 7. The monoisotopic (exact) mass is 840 g/mol. The van der Waals surface area contributed by atoms with Gasteiger partial charge in [0, 0.05) is 6.42 Å². The van der Waals surface area contributed by atoms with Gasteiger partial charge in [0.05, 0.1) is 18.8 Å². The van der Waals surface area contributed by atoms with Crippen LogP contribution in [0.2, 0.25) is 0 Å². The van der Waals surface area contributed by atoms with Crippen molar-refractivity contribution in [3.05, 3.63) is 48.6 Å². The van der Waals surface area contributed by atoms with Crippen molar-refractivity contribution >= 4 is 5.91 Å². The highest BCUT2D eigenvalue weighted by Gasteiger charge is 2.17. The molecule has 0 heterocycles. The van der Waals surface area contributed by atoms with Gasteiger partial charge < -0.3 is 15.5 Å². The molecule has 0 fully saturated rings. The first-order chi connectivity index (χ1) is 29.7. The predicted octanol–water partition coefficient (Wildman–Crippen LogP) is 17.5. The van der Waals surface area contributed by atoms with E-state index >= 15 is 0 Å². The average Bonchev–Trinajstić information content (AvgIpc) is 3.25. The van der Waals surface area contributed by atoms with Crippen LogP contribution in [0, 0.1) is 0 Å². The SMILES string of the molecule is CCCCCC/C=C\C/C=C\CCCCCCCC(=O)NC(CO)C(O)/C=C/CC/C=C/CCCCCCCCCCCCCCCCCCCCCCCCCCCC. The van der Waals surface area contributed by atoms with E-state index < -0.39 is 12.1 Å². The number of nitrogens with one attached hydrogen (secondary N) is 1. The van der Waals surface area contributed by atoms with E-state index in [1.807, 2.05) is 6.08 Å². The van der Waals surface area contributed by atoms with Gasteiger partial charge in [0.1, 0.15) is 0 Å². The summed E-state index contributed by atoms with van der Waals surface area (Å²) in [4.78, 5) is 12.4. The zero-order valence-electron chi connectivity index (χ0n) is 40.5. The van der Waals surface area contributed by atoms with Crippen LogP contribution in [0.4, 0.5) is 0 Å². The van der Waals surface area contributed by atoms with Crippen LogP contribution < -0.4 is 5.32 Å². The Hall–Kier alpha value is -1.65. The minimum absolute atomic E-state index is 0.0863. The summed E-state index contributed by atoms with van der Waals surface area (Å²) < 4.78 is 0. The van der Waals surface area contributed by atoms with Gasteiger partial charge in [0.2, 0.25) is 5.91 Å². The zero-order valence-corrected chi connectivity index (χ0v) is 40.5. The Labute approximate surface area is 375 Å². The minimum Gasteiger partial charge on any atom is -0.394 e. The molecular formula is C56H105NO3. The normalized spacial score (nSPS) is 13.2. The summed E-state index contributed by atoms with van der Waals surface area (Å²) >= 11 is 0. The van der Waals surface area contributed by atoms with Crippen molar-refractivity contribution in [3.8, 4) is 0 Å². The number of aliphatic hydroxyl groups is 2. The van der Waals surface area contributed by atoms with E-state index in [0.717, 1.165) is 51.4 Å². The fraction of sp³-hybridized carbons (Fsp3) is 0.839. The molecule has 1 amide bonds. The molecule has 0 saturated heterocycles. The second kappa shape index (κ2) is 51.7. The Balaban J connectivity index is 3.51. The summed E-state index contributed by atoms with van der Waals surface area (Å²) in [5, 5.41) is 23.1. The molecular weight excluding hydrogens is 735 g/mol. The topological polar surface area (TPSA) is 69.6 Å². The van der Waals surface area contributed by atoms with Crippen LogP contribution >= 0.6 is 0 Å². The lowest BCUT2D eigenvalue weighted by molar-refractivity contribution is -0.123. The number of rotatable bonds is 49. The van der Waals surface area contributed by atoms with Gasteiger partial charge in [-0.1, -0.05) is 262 Å². The molecule has 0 aromatic heterocycles. The molecule has 0 spiro atoms. The van der Waals surface area contributed by atoms with Crippen molar-refractivity contribution < 1.29 is 15.0 Å². The molecule has 0 aliphatic rings. The van der Waals surface area contributed by atoms with Gasteiger partial charge in [-0.2, -0.15) is 0 Å². The van der Waals surface area contributed by atoms with Gasteiger partial charge in [-0.15, -0.1) is 0 Å². The Morgan fingerprint density at radius 3 is 1.08 bits per heavy atom. The Bertz CT molecular complexity index is 954. The van der Waals surface area contributed by atoms with E-state index in [9.17, 15) is 15.0 Å². The number of carbonyl (C=O) groups excluding carboxylic acids is 1. The van der Waals surface area contributed by atoms with Gasteiger partial charge >= 0.3 is 0 Å². The molecule has 0 aromatic carbocycles. The van der Waals surface area contributed by atoms with Crippen molar-refractivity contribution in [3.63, 3.8) is 0 Å². The summed E-state index contributed by atoms with van der Waals surface area (Å²) in [6.45, 7) is 4.29. The molecule has 0 rings (SSSR count). The van der Waals surface area contributed by atoms with E-state index in [4.69, 9.17) is 0 Å². The summed E-state index contributed by atoms with van der Waals surface area (Å²) in [5.74, 6) is -0.0863.